The summed E-state index contributed by atoms with van der Waals surface area (Å²) in [5.41, 5.74) is 3.65. The van der Waals surface area contributed by atoms with E-state index in [0.29, 0.717) is 12.4 Å². The van der Waals surface area contributed by atoms with Crippen LogP contribution in [-0.2, 0) is 6.61 Å². The van der Waals surface area contributed by atoms with Crippen molar-refractivity contribution < 1.29 is 14.6 Å². The zero-order valence-electron chi connectivity index (χ0n) is 11.0. The van der Waals surface area contributed by atoms with E-state index in [2.05, 4.69) is 13.0 Å². The van der Waals surface area contributed by atoms with E-state index in [0.717, 1.165) is 5.56 Å². The van der Waals surface area contributed by atoms with Crippen molar-refractivity contribution in [3.8, 4) is 5.75 Å². The van der Waals surface area contributed by atoms with Crippen LogP contribution in [0, 0.1) is 13.8 Å². The van der Waals surface area contributed by atoms with Crippen molar-refractivity contribution in [1.82, 2.24) is 0 Å². The molecule has 0 radical (unpaired) electrons. The maximum Gasteiger partial charge on any atom is 0.339 e. The van der Waals surface area contributed by atoms with Crippen molar-refractivity contribution in [2.75, 3.05) is 0 Å². The smallest absolute Gasteiger partial charge is 0.339 e. The summed E-state index contributed by atoms with van der Waals surface area (Å²) in [6.07, 6.45) is 0. The quantitative estimate of drug-likeness (QED) is 0.909. The lowest BCUT2D eigenvalue weighted by Gasteiger charge is -2.10. The molecule has 0 atom stereocenters. The normalized spacial score (nSPS) is 10.2. The molecule has 0 amide bonds. The third-order valence-corrected chi connectivity index (χ3v) is 3.08. The highest BCUT2D eigenvalue weighted by atomic mass is 16.5. The highest BCUT2D eigenvalue weighted by Gasteiger charge is 2.10. The first-order chi connectivity index (χ1) is 9.08. The summed E-state index contributed by atoms with van der Waals surface area (Å²) in [5.74, 6) is -0.580. The van der Waals surface area contributed by atoms with Gasteiger partial charge in [0.2, 0.25) is 0 Å². The summed E-state index contributed by atoms with van der Waals surface area (Å²) in [4.78, 5) is 11.1. The fourth-order valence-electron chi connectivity index (χ4n) is 1.82. The molecule has 0 heterocycles. The van der Waals surface area contributed by atoms with Gasteiger partial charge in [0, 0.05) is 0 Å². The first-order valence-electron chi connectivity index (χ1n) is 6.09. The molecule has 0 aliphatic heterocycles. The molecule has 3 heteroatoms. The van der Waals surface area contributed by atoms with Gasteiger partial charge in [0.1, 0.15) is 17.9 Å². The van der Waals surface area contributed by atoms with Crippen LogP contribution in [-0.4, -0.2) is 11.1 Å². The predicted molar refractivity (Wildman–Crippen MR) is 73.6 cm³/mol. The molecule has 2 aromatic carbocycles. The SMILES string of the molecule is Cc1ccc(COc2ccccc2C(=O)O)cc1C. The highest BCUT2D eigenvalue weighted by molar-refractivity contribution is 5.90. The van der Waals surface area contributed by atoms with Gasteiger partial charge >= 0.3 is 5.97 Å². The number of aromatic carboxylic acids is 1. The largest absolute Gasteiger partial charge is 0.488 e. The monoisotopic (exact) mass is 256 g/mol. The number of ether oxygens (including phenoxy) is 1. The molecular weight excluding hydrogens is 240 g/mol. The molecule has 0 fully saturated rings. The van der Waals surface area contributed by atoms with Crippen LogP contribution in [0.15, 0.2) is 42.5 Å². The molecular formula is C16H16O3. The van der Waals surface area contributed by atoms with Crippen LogP contribution >= 0.6 is 0 Å². The van der Waals surface area contributed by atoms with Crippen LogP contribution in [0.1, 0.15) is 27.0 Å². The molecule has 3 nitrogen and oxygen atoms in total. The van der Waals surface area contributed by atoms with Crippen molar-refractivity contribution >= 4 is 5.97 Å². The molecule has 0 saturated carbocycles. The first kappa shape index (κ1) is 13.1. The van der Waals surface area contributed by atoms with Gasteiger partial charge < -0.3 is 9.84 Å². The molecule has 0 aliphatic rings. The number of benzene rings is 2. The van der Waals surface area contributed by atoms with Crippen molar-refractivity contribution in [1.29, 1.82) is 0 Å². The Morgan fingerprint density at radius 1 is 1.11 bits per heavy atom. The van der Waals surface area contributed by atoms with E-state index in [9.17, 15) is 4.79 Å². The molecule has 0 aliphatic carbocycles. The summed E-state index contributed by atoms with van der Waals surface area (Å²) in [6.45, 7) is 4.47. The van der Waals surface area contributed by atoms with Gasteiger partial charge in [-0.1, -0.05) is 30.3 Å². The Labute approximate surface area is 112 Å². The maximum atomic E-state index is 11.1. The Hall–Kier alpha value is -2.29. The third kappa shape index (κ3) is 3.13. The lowest BCUT2D eigenvalue weighted by molar-refractivity contribution is 0.0692. The summed E-state index contributed by atoms with van der Waals surface area (Å²) in [6, 6.07) is 12.7. The van der Waals surface area contributed by atoms with E-state index >= 15 is 0 Å². The van der Waals surface area contributed by atoms with Crippen molar-refractivity contribution in [2.45, 2.75) is 20.5 Å². The molecule has 0 saturated heterocycles. The molecule has 1 N–H and O–H groups in total. The average molecular weight is 256 g/mol. The Bertz CT molecular complexity index is 603. The van der Waals surface area contributed by atoms with E-state index in [-0.39, 0.29) is 5.56 Å². The first-order valence-corrected chi connectivity index (χ1v) is 6.09. The molecule has 2 rings (SSSR count). The van der Waals surface area contributed by atoms with E-state index in [1.807, 2.05) is 19.1 Å². The summed E-state index contributed by atoms with van der Waals surface area (Å²) in [7, 11) is 0. The average Bonchev–Trinajstić information content (AvgIpc) is 2.40. The van der Waals surface area contributed by atoms with E-state index in [4.69, 9.17) is 9.84 Å². The molecule has 98 valence electrons. The van der Waals surface area contributed by atoms with Gasteiger partial charge in [0.05, 0.1) is 0 Å². The minimum Gasteiger partial charge on any atom is -0.488 e. The second-order valence-electron chi connectivity index (χ2n) is 4.51. The van der Waals surface area contributed by atoms with E-state index in [1.165, 1.54) is 17.2 Å². The molecule has 0 aromatic heterocycles. The standard InChI is InChI=1S/C16H16O3/c1-11-7-8-13(9-12(11)2)10-19-15-6-4-3-5-14(15)16(17)18/h3-9H,10H2,1-2H3,(H,17,18). The van der Waals surface area contributed by atoms with Crippen molar-refractivity contribution in [2.24, 2.45) is 0 Å². The second kappa shape index (κ2) is 5.57. The minimum atomic E-state index is -0.976. The topological polar surface area (TPSA) is 46.5 Å². The van der Waals surface area contributed by atoms with Gasteiger partial charge in [-0.3, -0.25) is 0 Å². The Kier molecular flexibility index (Phi) is 3.85. The Morgan fingerprint density at radius 2 is 1.84 bits per heavy atom. The number of carbonyl (C=O) groups is 1. The molecule has 0 bridgehead atoms. The van der Waals surface area contributed by atoms with Gasteiger partial charge in [0.15, 0.2) is 0 Å². The fourth-order valence-corrected chi connectivity index (χ4v) is 1.82. The zero-order valence-corrected chi connectivity index (χ0v) is 11.0. The van der Waals surface area contributed by atoms with Crippen LogP contribution in [0.3, 0.4) is 0 Å². The highest BCUT2D eigenvalue weighted by Crippen LogP contribution is 2.20. The number of carboxylic acid groups (broad SMARTS) is 1. The molecule has 0 spiro atoms. The fraction of sp³-hybridized carbons (Fsp3) is 0.188. The predicted octanol–water partition coefficient (Wildman–Crippen LogP) is 3.58. The number of carboxylic acids is 1. The van der Waals surface area contributed by atoms with Crippen molar-refractivity contribution in [3.05, 3.63) is 64.7 Å². The maximum absolute atomic E-state index is 11.1. The Morgan fingerprint density at radius 3 is 2.53 bits per heavy atom. The second-order valence-corrected chi connectivity index (χ2v) is 4.51. The van der Waals surface area contributed by atoms with E-state index < -0.39 is 5.97 Å². The third-order valence-electron chi connectivity index (χ3n) is 3.08. The van der Waals surface area contributed by atoms with Crippen molar-refractivity contribution in [3.63, 3.8) is 0 Å². The minimum absolute atomic E-state index is 0.186. The summed E-state index contributed by atoms with van der Waals surface area (Å²) < 4.78 is 5.60. The number of para-hydroxylation sites is 1. The van der Waals surface area contributed by atoms with Crippen LogP contribution in [0.5, 0.6) is 5.75 Å². The zero-order chi connectivity index (χ0) is 13.8. The van der Waals surface area contributed by atoms with Gasteiger partial charge in [-0.2, -0.15) is 0 Å². The number of rotatable bonds is 4. The Balaban J connectivity index is 2.14. The number of hydrogen-bond acceptors (Lipinski definition) is 2. The van der Waals surface area contributed by atoms with Gasteiger partial charge in [-0.25, -0.2) is 4.79 Å². The molecule has 2 aromatic rings. The lowest BCUT2D eigenvalue weighted by Crippen LogP contribution is -2.03. The van der Waals surface area contributed by atoms with Gasteiger partial charge in [-0.15, -0.1) is 0 Å². The van der Waals surface area contributed by atoms with Crippen LogP contribution < -0.4 is 4.74 Å². The van der Waals surface area contributed by atoms with Crippen LogP contribution in [0.2, 0.25) is 0 Å². The molecule has 0 unspecified atom stereocenters. The molecule has 19 heavy (non-hydrogen) atoms. The van der Waals surface area contributed by atoms with Crippen LogP contribution in [0.25, 0.3) is 0 Å². The summed E-state index contributed by atoms with van der Waals surface area (Å²) in [5, 5.41) is 9.06. The summed E-state index contributed by atoms with van der Waals surface area (Å²) >= 11 is 0. The van der Waals surface area contributed by atoms with Crippen LogP contribution in [0.4, 0.5) is 0 Å². The number of hydrogen-bond donors (Lipinski definition) is 1. The number of aryl methyl sites for hydroxylation is 2. The van der Waals surface area contributed by atoms with Gasteiger partial charge in [-0.05, 0) is 42.7 Å². The van der Waals surface area contributed by atoms with E-state index in [1.54, 1.807) is 18.2 Å². The lowest BCUT2D eigenvalue weighted by atomic mass is 10.1. The van der Waals surface area contributed by atoms with Gasteiger partial charge in [0.25, 0.3) is 0 Å².